The summed E-state index contributed by atoms with van der Waals surface area (Å²) in [6, 6.07) is 5.52. The van der Waals surface area contributed by atoms with Crippen LogP contribution >= 0.6 is 22.6 Å². The molecule has 1 aromatic carbocycles. The Labute approximate surface area is 452 Å². The number of aromatic nitrogens is 3. The largest absolute Gasteiger partial charge is 0.459 e. The van der Waals surface area contributed by atoms with Gasteiger partial charge in [0.25, 0.3) is 5.91 Å². The Kier molecular flexibility index (Phi) is 22.3. The molecule has 3 fully saturated rings. The summed E-state index contributed by atoms with van der Waals surface area (Å²) < 4.78 is 59.2. The quantitative estimate of drug-likeness (QED) is 0.0975. The predicted molar refractivity (Wildman–Crippen MR) is 283 cm³/mol. The van der Waals surface area contributed by atoms with Crippen LogP contribution in [0.2, 0.25) is 0 Å². The third kappa shape index (κ3) is 14.8. The molecule has 74 heavy (non-hydrogen) atoms. The van der Waals surface area contributed by atoms with Crippen molar-refractivity contribution in [1.29, 1.82) is 0 Å². The molecule has 2 aromatic rings. The summed E-state index contributed by atoms with van der Waals surface area (Å²) in [6.45, 7) is 16.3. The number of nitrogens with zero attached hydrogens (tertiary/aromatic N) is 6. The van der Waals surface area contributed by atoms with Crippen molar-refractivity contribution in [2.45, 2.75) is 195 Å². The number of ether oxygens (including phenoxy) is 7. The molecule has 5 rings (SSSR count). The Morgan fingerprint density at radius 3 is 2.23 bits per heavy atom. The number of benzene rings is 1. The van der Waals surface area contributed by atoms with Crippen LogP contribution < -0.4 is 0 Å². The average Bonchev–Trinajstić information content (AvgIpc) is 3.83. The molecule has 4 N–H and O–H groups in total. The standard InChI is InChI=1S/C53H88FIN6O13/c1-16-41-52(9,66)46(62)34(6)60(13)28-30(2)25-53(55,67)48(32(4)44(33(5)50(65)72-41)73-43-26-51(8,69-15)47(63)35(7)71-43)74-42-24-39(23-31(3)70-42)59(12)22-21-38-29-61(57-56-38)40(27-54)45(68-14)36-17-19-37(20-18-36)49(64)58(10)11/h17-20,29-35,39-48,62-63,66-67H,16,21-28H2,1-15H3/t30-,31-,32+,33-,34-,35+,39+,40-,41-,42+,43+,44+,45-,46-,47+,48-,51-,52-,53-/m1/s1. The summed E-state index contributed by atoms with van der Waals surface area (Å²) in [7, 11) is 10.3. The number of carbonyl (C=O) groups is 2. The summed E-state index contributed by atoms with van der Waals surface area (Å²) in [6.07, 6.45) is -4.89. The molecule has 3 aliphatic heterocycles. The fourth-order valence-electron chi connectivity index (χ4n) is 11.1. The minimum Gasteiger partial charge on any atom is -0.459 e. The van der Waals surface area contributed by atoms with Crippen LogP contribution in [0.15, 0.2) is 30.5 Å². The molecule has 0 spiro atoms. The van der Waals surface area contributed by atoms with E-state index in [4.69, 9.17) is 33.2 Å². The Morgan fingerprint density at radius 1 is 0.973 bits per heavy atom. The van der Waals surface area contributed by atoms with Gasteiger partial charge in [0.15, 0.2) is 12.6 Å². The van der Waals surface area contributed by atoms with Crippen molar-refractivity contribution in [3.05, 3.63) is 47.3 Å². The van der Waals surface area contributed by atoms with Crippen LogP contribution in [0.1, 0.15) is 128 Å². The molecule has 3 aliphatic rings. The van der Waals surface area contributed by atoms with Crippen molar-refractivity contribution in [2.24, 2.45) is 17.8 Å². The maximum absolute atomic E-state index is 14.8. The maximum Gasteiger partial charge on any atom is 0.311 e. The number of hydrogen-bond donors (Lipinski definition) is 4. The second-order valence-electron chi connectivity index (χ2n) is 22.2. The molecular formula is C53H88FIN6O13. The van der Waals surface area contributed by atoms with E-state index >= 15 is 0 Å². The summed E-state index contributed by atoms with van der Waals surface area (Å²) in [4.78, 5) is 32.6. The highest BCUT2D eigenvalue weighted by molar-refractivity contribution is 14.1. The number of aliphatic hydroxyl groups excluding tert-OH is 2. The van der Waals surface area contributed by atoms with Gasteiger partial charge in [-0.3, -0.25) is 9.59 Å². The van der Waals surface area contributed by atoms with Gasteiger partial charge in [0.05, 0.1) is 35.5 Å². The second-order valence-corrected chi connectivity index (χ2v) is 24.0. The van der Waals surface area contributed by atoms with Crippen LogP contribution in [0.25, 0.3) is 0 Å². The number of halogens is 2. The van der Waals surface area contributed by atoms with E-state index < -0.39 is 107 Å². The summed E-state index contributed by atoms with van der Waals surface area (Å²) in [5, 5.41) is 56.2. The number of esters is 1. The van der Waals surface area contributed by atoms with Gasteiger partial charge in [-0.1, -0.05) is 38.1 Å². The molecule has 0 radical (unpaired) electrons. The number of carbonyl (C=O) groups excluding carboxylic acids is 2. The molecule has 3 saturated heterocycles. The number of aliphatic hydroxyl groups is 4. The van der Waals surface area contributed by atoms with E-state index in [1.165, 1.54) is 30.7 Å². The van der Waals surface area contributed by atoms with Crippen molar-refractivity contribution in [3.63, 3.8) is 0 Å². The molecule has 19 atom stereocenters. The van der Waals surface area contributed by atoms with E-state index in [0.29, 0.717) is 49.2 Å². The Hall–Kier alpha value is -2.52. The zero-order valence-corrected chi connectivity index (χ0v) is 48.5. The molecule has 0 unspecified atom stereocenters. The van der Waals surface area contributed by atoms with Crippen LogP contribution in [-0.2, 0) is 44.4 Å². The first-order chi connectivity index (χ1) is 34.6. The molecule has 4 heterocycles. The highest BCUT2D eigenvalue weighted by atomic mass is 127. The van der Waals surface area contributed by atoms with E-state index in [1.54, 1.807) is 72.3 Å². The van der Waals surface area contributed by atoms with Gasteiger partial charge in [0.2, 0.25) is 0 Å². The van der Waals surface area contributed by atoms with Gasteiger partial charge in [-0.15, -0.1) is 5.10 Å². The van der Waals surface area contributed by atoms with E-state index in [9.17, 15) is 34.4 Å². The number of hydrogen-bond acceptors (Lipinski definition) is 17. The topological polar surface area (TPSA) is 220 Å². The van der Waals surface area contributed by atoms with Crippen LogP contribution in [0, 0.1) is 17.8 Å². The van der Waals surface area contributed by atoms with Crippen LogP contribution in [-0.4, -0.2) is 206 Å². The Balaban J connectivity index is 1.41. The van der Waals surface area contributed by atoms with Crippen molar-refractivity contribution < 1.29 is 67.6 Å². The summed E-state index contributed by atoms with van der Waals surface area (Å²) >= 11 is 2.05. The maximum atomic E-state index is 14.8. The van der Waals surface area contributed by atoms with Crippen molar-refractivity contribution >= 4 is 34.5 Å². The van der Waals surface area contributed by atoms with Gasteiger partial charge in [-0.25, -0.2) is 9.07 Å². The predicted octanol–water partition coefficient (Wildman–Crippen LogP) is 5.11. The fraction of sp³-hybridized carbons (Fsp3) is 0.811. The number of rotatable bonds is 16. The van der Waals surface area contributed by atoms with Gasteiger partial charge in [0.1, 0.15) is 52.4 Å². The monoisotopic (exact) mass is 1160 g/mol. The van der Waals surface area contributed by atoms with Crippen molar-refractivity contribution in [1.82, 2.24) is 29.7 Å². The number of cyclic esters (lactones) is 1. The molecular weight excluding hydrogens is 1070 g/mol. The second kappa shape index (κ2) is 26.4. The minimum atomic E-state index is -1.83. The van der Waals surface area contributed by atoms with Crippen LogP contribution in [0.4, 0.5) is 4.39 Å². The average molecular weight is 1160 g/mol. The van der Waals surface area contributed by atoms with Gasteiger partial charge < -0.3 is 68.3 Å². The van der Waals surface area contributed by atoms with Crippen molar-refractivity contribution in [3.8, 4) is 0 Å². The highest BCUT2D eigenvalue weighted by Gasteiger charge is 2.52. The zero-order valence-electron chi connectivity index (χ0n) is 46.4. The summed E-state index contributed by atoms with van der Waals surface area (Å²) in [5.41, 5.74) is -1.01. The van der Waals surface area contributed by atoms with E-state index in [0.717, 1.165) is 0 Å². The van der Waals surface area contributed by atoms with Crippen LogP contribution in [0.5, 0.6) is 0 Å². The Morgan fingerprint density at radius 2 is 1.64 bits per heavy atom. The van der Waals surface area contributed by atoms with Gasteiger partial charge in [-0.05, 0) is 121 Å². The number of likely N-dealkylation sites (N-methyl/N-ethyl adjacent to an activating group) is 2. The van der Waals surface area contributed by atoms with Gasteiger partial charge in [-0.2, -0.15) is 0 Å². The van der Waals surface area contributed by atoms with Crippen molar-refractivity contribution in [2.75, 3.05) is 62.2 Å². The van der Waals surface area contributed by atoms with E-state index in [1.807, 2.05) is 69.3 Å². The zero-order chi connectivity index (χ0) is 55.2. The van der Waals surface area contributed by atoms with E-state index in [-0.39, 0.29) is 43.2 Å². The molecule has 1 amide bonds. The summed E-state index contributed by atoms with van der Waals surface area (Å²) in [5.74, 6) is -2.76. The molecule has 0 bridgehead atoms. The normalized spacial score (nSPS) is 38.2. The third-order valence-electron chi connectivity index (χ3n) is 16.0. The number of amides is 1. The first-order valence-electron chi connectivity index (χ1n) is 26.2. The third-order valence-corrected chi connectivity index (χ3v) is 17.0. The van der Waals surface area contributed by atoms with Gasteiger partial charge >= 0.3 is 5.97 Å². The van der Waals surface area contributed by atoms with Gasteiger partial charge in [0, 0.05) is 90.4 Å². The molecule has 21 heteroatoms. The number of alkyl halides is 2. The molecule has 422 valence electrons. The molecule has 19 nitrogen and oxygen atoms in total. The number of methoxy groups -OCH3 is 2. The smallest absolute Gasteiger partial charge is 0.311 e. The lowest BCUT2D eigenvalue weighted by atomic mass is 9.83. The Bertz CT molecular complexity index is 2090. The SMILES string of the molecule is CC[C@H]1OC(=O)[C@H](C)[C@@H](O[C@H]2C[C@@](C)(OC)[C@@H](O)[C@H](C)O2)[C@H](C)[C@@H](O[C@H]2C[C@@H](N(C)CCc3cn([C@H](CF)[C@H](OC)c4ccc(C(=O)N(C)C)cc4)nn3)C[C@@H](C)O2)[C@@](O)(I)C[C@@H](C)CN(C)[C@H](C)[C@@H](O)[C@]1(C)O. The molecule has 0 saturated carbocycles. The fourth-order valence-corrected chi connectivity index (χ4v) is 12.6. The van der Waals surface area contributed by atoms with E-state index in [2.05, 4.69) is 15.2 Å². The van der Waals surface area contributed by atoms with Crippen LogP contribution in [0.3, 0.4) is 0 Å². The first-order valence-corrected chi connectivity index (χ1v) is 27.3. The molecule has 1 aromatic heterocycles. The first kappa shape index (κ1) is 62.3. The molecule has 0 aliphatic carbocycles. The highest BCUT2D eigenvalue weighted by Crippen LogP contribution is 2.42. The minimum absolute atomic E-state index is 0.0343. The lowest BCUT2D eigenvalue weighted by Gasteiger charge is -2.48. The lowest BCUT2D eigenvalue weighted by molar-refractivity contribution is -0.305. The lowest BCUT2D eigenvalue weighted by Crippen LogP contribution is -2.59.